The maximum atomic E-state index is 11.9. The zero-order valence-electron chi connectivity index (χ0n) is 12.2. The number of aromatic nitrogens is 3. The van der Waals surface area contributed by atoms with E-state index in [-0.39, 0.29) is 5.56 Å². The average molecular weight is 305 g/mol. The minimum absolute atomic E-state index is 0.0875. The van der Waals surface area contributed by atoms with E-state index in [2.05, 4.69) is 27.2 Å². The highest BCUT2D eigenvalue weighted by molar-refractivity contribution is 7.16. The molecule has 0 amide bonds. The molecule has 112 valence electrons. The van der Waals surface area contributed by atoms with Crippen LogP contribution >= 0.6 is 11.3 Å². The maximum absolute atomic E-state index is 11.9. The van der Waals surface area contributed by atoms with Gasteiger partial charge in [-0.05, 0) is 38.8 Å². The molecule has 4 heterocycles. The Bertz CT molecular complexity index is 739. The van der Waals surface area contributed by atoms with Crippen LogP contribution in [0.5, 0.6) is 0 Å². The summed E-state index contributed by atoms with van der Waals surface area (Å²) < 4.78 is 1.43. The van der Waals surface area contributed by atoms with Crippen LogP contribution in [0.25, 0.3) is 4.96 Å². The normalized spacial score (nSPS) is 29.3. The molecular weight excluding hydrogens is 286 g/mol. The van der Waals surface area contributed by atoms with Crippen LogP contribution in [-0.2, 0) is 6.54 Å². The lowest BCUT2D eigenvalue weighted by atomic mass is 9.95. The molecule has 0 saturated carbocycles. The Morgan fingerprint density at radius 1 is 1.48 bits per heavy atom. The molecule has 21 heavy (non-hydrogen) atoms. The van der Waals surface area contributed by atoms with E-state index < -0.39 is 0 Å². The molecule has 7 heteroatoms. The lowest BCUT2D eigenvalue weighted by molar-refractivity contribution is 0.230. The van der Waals surface area contributed by atoms with Gasteiger partial charge in [-0.15, -0.1) is 0 Å². The molecule has 1 N–H and O–H groups in total. The Balaban J connectivity index is 1.60. The summed E-state index contributed by atoms with van der Waals surface area (Å²) in [7, 11) is 0. The van der Waals surface area contributed by atoms with E-state index in [1.54, 1.807) is 0 Å². The first-order chi connectivity index (χ1) is 10.1. The summed E-state index contributed by atoms with van der Waals surface area (Å²) in [6, 6.07) is 2.11. The van der Waals surface area contributed by atoms with Crippen LogP contribution in [0.2, 0.25) is 0 Å². The first-order valence-corrected chi connectivity index (χ1v) is 8.24. The van der Waals surface area contributed by atoms with Crippen LogP contribution in [0.3, 0.4) is 0 Å². The second-order valence-electron chi connectivity index (χ2n) is 6.18. The smallest absolute Gasteiger partial charge is 0.275 e. The second kappa shape index (κ2) is 4.86. The van der Waals surface area contributed by atoms with E-state index in [9.17, 15) is 4.79 Å². The fourth-order valence-electron chi connectivity index (χ4n) is 3.66. The van der Waals surface area contributed by atoms with E-state index >= 15 is 0 Å². The fraction of sp³-hybridized carbons (Fsp3) is 0.643. The van der Waals surface area contributed by atoms with Crippen molar-refractivity contribution in [3.63, 3.8) is 0 Å². The Morgan fingerprint density at radius 2 is 2.33 bits per heavy atom. The number of hydrogen-bond donors (Lipinski definition) is 1. The van der Waals surface area contributed by atoms with Crippen LogP contribution in [0, 0.1) is 18.8 Å². The molecule has 4 rings (SSSR count). The van der Waals surface area contributed by atoms with Crippen molar-refractivity contribution in [2.24, 2.45) is 11.8 Å². The van der Waals surface area contributed by atoms with Crippen LogP contribution in [0.4, 0.5) is 0 Å². The van der Waals surface area contributed by atoms with Gasteiger partial charge in [0.25, 0.3) is 5.56 Å². The highest BCUT2D eigenvalue weighted by Gasteiger charge is 2.41. The Kier molecular flexibility index (Phi) is 3.09. The molecule has 2 saturated heterocycles. The topological polar surface area (TPSA) is 62.5 Å². The number of aryl methyl sites for hydroxylation is 1. The predicted molar refractivity (Wildman–Crippen MR) is 81.6 cm³/mol. The SMILES string of the molecule is Cc1cc(=O)n2nc(CN3CC4CNCC4C3C)sc2n1. The molecule has 3 atom stereocenters. The lowest BCUT2D eigenvalue weighted by Crippen LogP contribution is -2.32. The maximum Gasteiger partial charge on any atom is 0.275 e. The van der Waals surface area contributed by atoms with Crippen LogP contribution in [0.1, 0.15) is 17.6 Å². The molecule has 0 bridgehead atoms. The number of fused-ring (bicyclic) bond motifs is 2. The van der Waals surface area contributed by atoms with Gasteiger partial charge in [0.05, 0.1) is 6.54 Å². The van der Waals surface area contributed by atoms with E-state index in [4.69, 9.17) is 0 Å². The van der Waals surface area contributed by atoms with Gasteiger partial charge in [-0.1, -0.05) is 11.3 Å². The van der Waals surface area contributed by atoms with Gasteiger partial charge in [0.1, 0.15) is 5.01 Å². The largest absolute Gasteiger partial charge is 0.316 e. The summed E-state index contributed by atoms with van der Waals surface area (Å²) in [6.45, 7) is 8.35. The van der Waals surface area contributed by atoms with Crippen molar-refractivity contribution in [2.45, 2.75) is 26.4 Å². The third kappa shape index (κ3) is 2.20. The van der Waals surface area contributed by atoms with E-state index in [1.807, 2.05) is 6.92 Å². The summed E-state index contributed by atoms with van der Waals surface area (Å²) in [5.74, 6) is 1.51. The van der Waals surface area contributed by atoms with Gasteiger partial charge < -0.3 is 5.32 Å². The van der Waals surface area contributed by atoms with Gasteiger partial charge in [-0.25, -0.2) is 4.98 Å². The zero-order chi connectivity index (χ0) is 14.6. The number of nitrogens with one attached hydrogen (secondary N) is 1. The monoisotopic (exact) mass is 305 g/mol. The van der Waals surface area contributed by atoms with Gasteiger partial charge >= 0.3 is 0 Å². The first kappa shape index (κ1) is 13.4. The third-order valence-corrected chi connectivity index (χ3v) is 5.70. The molecular formula is C14H19N5OS. The molecule has 3 unspecified atom stereocenters. The van der Waals surface area contributed by atoms with Crippen molar-refractivity contribution in [3.05, 3.63) is 27.1 Å². The van der Waals surface area contributed by atoms with E-state index in [0.717, 1.165) is 48.7 Å². The van der Waals surface area contributed by atoms with Crippen molar-refractivity contribution >= 4 is 16.3 Å². The van der Waals surface area contributed by atoms with Gasteiger partial charge in [0.2, 0.25) is 4.96 Å². The minimum atomic E-state index is -0.0875. The van der Waals surface area contributed by atoms with Gasteiger partial charge in [-0.2, -0.15) is 9.61 Å². The first-order valence-electron chi connectivity index (χ1n) is 7.43. The number of rotatable bonds is 2. The van der Waals surface area contributed by atoms with Gasteiger partial charge in [-0.3, -0.25) is 9.69 Å². The van der Waals surface area contributed by atoms with Crippen molar-refractivity contribution in [1.82, 2.24) is 24.8 Å². The number of nitrogens with zero attached hydrogens (tertiary/aromatic N) is 4. The minimum Gasteiger partial charge on any atom is -0.316 e. The molecule has 0 aliphatic carbocycles. The summed E-state index contributed by atoms with van der Waals surface area (Å²) in [6.07, 6.45) is 0. The third-order valence-electron chi connectivity index (χ3n) is 4.81. The van der Waals surface area contributed by atoms with Gasteiger partial charge in [0.15, 0.2) is 0 Å². The van der Waals surface area contributed by atoms with E-state index in [0.29, 0.717) is 11.0 Å². The summed E-state index contributed by atoms with van der Waals surface area (Å²) >= 11 is 1.53. The van der Waals surface area contributed by atoms with Crippen LogP contribution in [-0.4, -0.2) is 45.2 Å². The fourth-order valence-corrected chi connectivity index (χ4v) is 4.63. The summed E-state index contributed by atoms with van der Waals surface area (Å²) in [5, 5.41) is 8.90. The standard InChI is InChI=1S/C14H19N5OS/c1-8-3-13(20)19-14(16-8)21-12(17-19)7-18-6-10-4-15-5-11(10)9(18)2/h3,9-11,15H,4-7H2,1-2H3. The van der Waals surface area contributed by atoms with Crippen molar-refractivity contribution in [2.75, 3.05) is 19.6 Å². The molecule has 6 nitrogen and oxygen atoms in total. The second-order valence-corrected chi connectivity index (χ2v) is 7.22. The Morgan fingerprint density at radius 3 is 3.14 bits per heavy atom. The molecule has 2 aliphatic heterocycles. The van der Waals surface area contributed by atoms with Crippen molar-refractivity contribution < 1.29 is 0 Å². The number of likely N-dealkylation sites (tertiary alicyclic amines) is 1. The highest BCUT2D eigenvalue weighted by atomic mass is 32.1. The van der Waals surface area contributed by atoms with Crippen LogP contribution in [0.15, 0.2) is 10.9 Å². The molecule has 0 spiro atoms. The number of hydrogen-bond acceptors (Lipinski definition) is 6. The zero-order valence-corrected chi connectivity index (χ0v) is 13.1. The van der Waals surface area contributed by atoms with Gasteiger partial charge in [0, 0.05) is 24.3 Å². The summed E-state index contributed by atoms with van der Waals surface area (Å²) in [5.41, 5.74) is 0.667. The van der Waals surface area contributed by atoms with Crippen molar-refractivity contribution in [3.8, 4) is 0 Å². The molecule has 2 aromatic rings. The molecule has 2 aromatic heterocycles. The highest BCUT2D eigenvalue weighted by Crippen LogP contribution is 2.33. The molecule has 0 aromatic carbocycles. The molecule has 2 fully saturated rings. The van der Waals surface area contributed by atoms with E-state index in [1.165, 1.54) is 21.9 Å². The average Bonchev–Trinajstić information content (AvgIpc) is 3.08. The van der Waals surface area contributed by atoms with Crippen LogP contribution < -0.4 is 10.9 Å². The van der Waals surface area contributed by atoms with Crippen molar-refractivity contribution in [1.29, 1.82) is 0 Å². The molecule has 2 aliphatic rings. The Labute approximate surface area is 126 Å². The lowest BCUT2D eigenvalue weighted by Gasteiger charge is -2.22. The quantitative estimate of drug-likeness (QED) is 0.875. The summed E-state index contributed by atoms with van der Waals surface area (Å²) in [4.78, 5) is 19.5. The molecule has 0 radical (unpaired) electrons. The Hall–Kier alpha value is -1.31. The predicted octanol–water partition coefficient (Wildman–Crippen LogP) is 0.499.